The maximum Gasteiger partial charge on any atom is 0.416 e. The molecule has 0 unspecified atom stereocenters. The van der Waals surface area contributed by atoms with Gasteiger partial charge in [-0.05, 0) is 42.5 Å². The van der Waals surface area contributed by atoms with Gasteiger partial charge < -0.3 is 4.74 Å². The van der Waals surface area contributed by atoms with Crippen LogP contribution in [-0.4, -0.2) is 34.2 Å². The van der Waals surface area contributed by atoms with Crippen molar-refractivity contribution in [3.8, 4) is 5.75 Å². The molecule has 0 aliphatic rings. The number of nitrogens with one attached hydrogen (secondary N) is 1. The van der Waals surface area contributed by atoms with E-state index in [4.69, 9.17) is 16.3 Å². The third-order valence-electron chi connectivity index (χ3n) is 4.69. The second kappa shape index (κ2) is 10.8. The van der Waals surface area contributed by atoms with Crippen molar-refractivity contribution in [1.29, 1.82) is 0 Å². The zero-order chi connectivity index (χ0) is 25.6. The molecular weight excluding hydrogens is 507 g/mol. The zero-order valence-electron chi connectivity index (χ0n) is 18.2. The van der Waals surface area contributed by atoms with E-state index in [1.165, 1.54) is 37.6 Å². The van der Waals surface area contributed by atoms with Crippen molar-refractivity contribution in [1.82, 2.24) is 5.43 Å². The number of halogens is 4. The third-order valence-corrected chi connectivity index (χ3v) is 6.79. The molecule has 3 rings (SSSR count). The van der Waals surface area contributed by atoms with Gasteiger partial charge in [0.25, 0.3) is 15.9 Å². The molecule has 0 aliphatic heterocycles. The lowest BCUT2D eigenvalue weighted by Gasteiger charge is -2.25. The number of methoxy groups -OCH3 is 1. The number of benzene rings is 3. The van der Waals surface area contributed by atoms with Gasteiger partial charge in [0.15, 0.2) is 0 Å². The summed E-state index contributed by atoms with van der Waals surface area (Å²) in [6.45, 7) is -0.887. The lowest BCUT2D eigenvalue weighted by molar-refractivity contribution is -0.137. The van der Waals surface area contributed by atoms with Crippen LogP contribution in [0.2, 0.25) is 5.02 Å². The molecule has 0 saturated heterocycles. The highest BCUT2D eigenvalue weighted by Gasteiger charge is 2.34. The quantitative estimate of drug-likeness (QED) is 0.341. The molecule has 35 heavy (non-hydrogen) atoms. The smallest absolute Gasteiger partial charge is 0.416 e. The summed E-state index contributed by atoms with van der Waals surface area (Å²) in [5, 5.41) is 3.50. The number of alkyl halides is 3. The molecule has 0 fully saturated rings. The number of amides is 1. The van der Waals surface area contributed by atoms with Crippen molar-refractivity contribution < 1.29 is 31.1 Å². The van der Waals surface area contributed by atoms with Crippen LogP contribution < -0.4 is 14.5 Å². The minimum atomic E-state index is -4.76. The van der Waals surface area contributed by atoms with Crippen molar-refractivity contribution in [2.75, 3.05) is 18.0 Å². The predicted octanol–water partition coefficient (Wildman–Crippen LogP) is 4.71. The van der Waals surface area contributed by atoms with Gasteiger partial charge in [-0.25, -0.2) is 13.8 Å². The van der Waals surface area contributed by atoms with Gasteiger partial charge in [0.1, 0.15) is 12.3 Å². The maximum absolute atomic E-state index is 13.3. The summed E-state index contributed by atoms with van der Waals surface area (Å²) in [5.74, 6) is -0.432. The van der Waals surface area contributed by atoms with Crippen molar-refractivity contribution in [2.45, 2.75) is 11.1 Å². The molecule has 184 valence electrons. The number of carbonyl (C=O) groups is 1. The molecule has 3 aromatic rings. The number of hydrogen-bond donors (Lipinski definition) is 1. The van der Waals surface area contributed by atoms with Crippen LogP contribution in [0.1, 0.15) is 11.1 Å². The van der Waals surface area contributed by atoms with E-state index < -0.39 is 39.9 Å². The standard InChI is InChI=1S/C23H19ClF3N3O4S/c1-34-21-10-6-5-7-16(21)14-28-29-22(31)15-30(35(32,33)18-8-3-2-4-9-18)20-13-17(23(25,26)27)11-12-19(20)24/h2-14H,15H2,1H3,(H,29,31)/b28-14-. The number of ether oxygens (including phenoxy) is 1. The van der Waals surface area contributed by atoms with Gasteiger partial charge in [-0.2, -0.15) is 18.3 Å². The lowest BCUT2D eigenvalue weighted by atomic mass is 10.2. The Morgan fingerprint density at radius 1 is 1.09 bits per heavy atom. The molecule has 0 radical (unpaired) electrons. The van der Waals surface area contributed by atoms with Gasteiger partial charge >= 0.3 is 6.18 Å². The van der Waals surface area contributed by atoms with E-state index >= 15 is 0 Å². The molecule has 1 amide bonds. The number of rotatable bonds is 8. The molecule has 0 saturated carbocycles. The minimum Gasteiger partial charge on any atom is -0.496 e. The van der Waals surface area contributed by atoms with E-state index in [1.54, 1.807) is 30.3 Å². The summed E-state index contributed by atoms with van der Waals surface area (Å²) >= 11 is 6.09. The first-order chi connectivity index (χ1) is 16.5. The monoisotopic (exact) mass is 525 g/mol. The molecule has 0 aliphatic carbocycles. The topological polar surface area (TPSA) is 88.1 Å². The summed E-state index contributed by atoms with van der Waals surface area (Å²) in [5.41, 5.74) is 1.08. The Morgan fingerprint density at radius 3 is 2.40 bits per heavy atom. The van der Waals surface area contributed by atoms with Crippen LogP contribution in [-0.2, 0) is 21.0 Å². The van der Waals surface area contributed by atoms with E-state index in [0.29, 0.717) is 21.7 Å². The number of sulfonamides is 1. The number of para-hydroxylation sites is 1. The number of carbonyl (C=O) groups excluding carboxylic acids is 1. The number of hydrogen-bond acceptors (Lipinski definition) is 5. The van der Waals surface area contributed by atoms with E-state index in [9.17, 15) is 26.4 Å². The number of nitrogens with zero attached hydrogens (tertiary/aromatic N) is 2. The van der Waals surface area contributed by atoms with Gasteiger partial charge in [0.2, 0.25) is 0 Å². The Bertz CT molecular complexity index is 1330. The molecule has 3 aromatic carbocycles. The second-order valence-corrected chi connectivity index (χ2v) is 9.29. The van der Waals surface area contributed by atoms with E-state index in [1.807, 2.05) is 0 Å². The van der Waals surface area contributed by atoms with Gasteiger partial charge in [-0.15, -0.1) is 0 Å². The van der Waals surface area contributed by atoms with Crippen LogP contribution in [0.4, 0.5) is 18.9 Å². The van der Waals surface area contributed by atoms with Crippen LogP contribution in [0.15, 0.2) is 82.8 Å². The SMILES string of the molecule is COc1ccccc1/C=N\NC(=O)CN(c1cc(C(F)(F)F)ccc1Cl)S(=O)(=O)c1ccccc1. The fraction of sp³-hybridized carbons (Fsp3) is 0.130. The van der Waals surface area contributed by atoms with Crippen molar-refractivity contribution in [3.63, 3.8) is 0 Å². The molecular formula is C23H19ClF3N3O4S. The van der Waals surface area contributed by atoms with Crippen LogP contribution in [0.25, 0.3) is 0 Å². The highest BCUT2D eigenvalue weighted by molar-refractivity contribution is 7.92. The lowest BCUT2D eigenvalue weighted by Crippen LogP contribution is -2.40. The highest BCUT2D eigenvalue weighted by Crippen LogP contribution is 2.37. The number of hydrazone groups is 1. The van der Waals surface area contributed by atoms with Crippen molar-refractivity contribution in [3.05, 3.63) is 88.9 Å². The Hall–Kier alpha value is -3.57. The van der Waals surface area contributed by atoms with Crippen LogP contribution >= 0.6 is 11.6 Å². The van der Waals surface area contributed by atoms with Crippen molar-refractivity contribution in [2.24, 2.45) is 5.10 Å². The molecule has 1 N–H and O–H groups in total. The second-order valence-electron chi connectivity index (χ2n) is 7.02. The Balaban J connectivity index is 1.96. The molecule has 0 heterocycles. The average Bonchev–Trinajstić information content (AvgIpc) is 2.83. The average molecular weight is 526 g/mol. The van der Waals surface area contributed by atoms with Gasteiger partial charge in [-0.3, -0.25) is 9.10 Å². The van der Waals surface area contributed by atoms with Crippen LogP contribution in [0.3, 0.4) is 0 Å². The first kappa shape index (κ1) is 26.0. The van der Waals surface area contributed by atoms with Gasteiger partial charge in [0, 0.05) is 5.56 Å². The Morgan fingerprint density at radius 2 is 1.74 bits per heavy atom. The first-order valence-electron chi connectivity index (χ1n) is 9.93. The molecule has 12 heteroatoms. The summed E-state index contributed by atoms with van der Waals surface area (Å²) in [7, 11) is -3.02. The third kappa shape index (κ3) is 6.31. The normalized spacial score (nSPS) is 11.9. The fourth-order valence-electron chi connectivity index (χ4n) is 3.01. The Kier molecular flexibility index (Phi) is 8.03. The maximum atomic E-state index is 13.3. The minimum absolute atomic E-state index is 0.237. The van der Waals surface area contributed by atoms with E-state index in [2.05, 4.69) is 10.5 Å². The van der Waals surface area contributed by atoms with E-state index in [0.717, 1.165) is 12.1 Å². The summed E-state index contributed by atoms with van der Waals surface area (Å²) in [6, 6.07) is 16.0. The fourth-order valence-corrected chi connectivity index (χ4v) is 4.73. The first-order valence-corrected chi connectivity index (χ1v) is 11.8. The van der Waals surface area contributed by atoms with Gasteiger partial charge in [-0.1, -0.05) is 41.9 Å². The van der Waals surface area contributed by atoms with Crippen LogP contribution in [0.5, 0.6) is 5.75 Å². The molecule has 0 spiro atoms. The highest BCUT2D eigenvalue weighted by atomic mass is 35.5. The molecule has 0 atom stereocenters. The van der Waals surface area contributed by atoms with Crippen LogP contribution in [0, 0.1) is 0 Å². The van der Waals surface area contributed by atoms with Crippen molar-refractivity contribution >= 4 is 39.4 Å². The Labute approximate surface area is 204 Å². The zero-order valence-corrected chi connectivity index (χ0v) is 19.7. The molecule has 0 aromatic heterocycles. The largest absolute Gasteiger partial charge is 0.496 e. The number of anilines is 1. The summed E-state index contributed by atoms with van der Waals surface area (Å²) in [4.78, 5) is 12.4. The summed E-state index contributed by atoms with van der Waals surface area (Å²) < 4.78 is 72.2. The van der Waals surface area contributed by atoms with Gasteiger partial charge in [0.05, 0.1) is 34.5 Å². The summed E-state index contributed by atoms with van der Waals surface area (Å²) in [6.07, 6.45) is -3.48. The van der Waals surface area contributed by atoms with E-state index in [-0.39, 0.29) is 9.92 Å². The predicted molar refractivity (Wildman–Crippen MR) is 126 cm³/mol. The molecule has 0 bridgehead atoms. The molecule has 7 nitrogen and oxygen atoms in total.